The molecule has 0 aromatic heterocycles. The first-order chi connectivity index (χ1) is 15.8. The van der Waals surface area contributed by atoms with Crippen LogP contribution in [0.2, 0.25) is 0 Å². The summed E-state index contributed by atoms with van der Waals surface area (Å²) in [5.74, 6) is 0.498. The van der Waals surface area contributed by atoms with E-state index in [0.29, 0.717) is 12.2 Å². The van der Waals surface area contributed by atoms with Crippen molar-refractivity contribution in [1.82, 2.24) is 0 Å². The predicted molar refractivity (Wildman–Crippen MR) is 134 cm³/mol. The average Bonchev–Trinajstić information content (AvgIpc) is 2.84. The normalized spacial score (nSPS) is 11.3. The molecule has 0 aliphatic carbocycles. The highest BCUT2D eigenvalue weighted by Gasteiger charge is 2.20. The Hall–Kier alpha value is -3.65. The van der Waals surface area contributed by atoms with E-state index in [1.165, 1.54) is 5.39 Å². The molecule has 0 unspecified atom stereocenters. The summed E-state index contributed by atoms with van der Waals surface area (Å²) in [4.78, 5) is 12.9. The molecule has 0 N–H and O–H groups in total. The van der Waals surface area contributed by atoms with Gasteiger partial charge in [-0.2, -0.15) is 0 Å². The Morgan fingerprint density at radius 1 is 0.688 bits per heavy atom. The van der Waals surface area contributed by atoms with Crippen molar-refractivity contribution in [2.24, 2.45) is 0 Å². The number of hydrogen-bond donors (Lipinski definition) is 0. The lowest BCUT2D eigenvalue weighted by atomic mass is 9.90. The highest BCUT2D eigenvalue weighted by Crippen LogP contribution is 2.45. The molecule has 2 heteroatoms. The number of rotatable bonds is 6. The van der Waals surface area contributed by atoms with Gasteiger partial charge in [0.2, 0.25) is 0 Å². The number of hydrogen-bond acceptors (Lipinski definition) is 2. The number of carbonyl (C=O) groups excluding carboxylic acids is 1. The fraction of sp³-hybridized carbons (Fsp3) is 0.167. The van der Waals surface area contributed by atoms with E-state index in [2.05, 4.69) is 73.7 Å². The van der Waals surface area contributed by atoms with Crippen molar-refractivity contribution in [2.75, 3.05) is 0 Å². The van der Waals surface area contributed by atoms with Crippen molar-refractivity contribution >= 4 is 38.3 Å². The molecule has 5 aromatic rings. The molecule has 0 fully saturated rings. The summed E-state index contributed by atoms with van der Waals surface area (Å²) in [5, 5.41) is 6.66. The monoisotopic (exact) mass is 418 g/mol. The van der Waals surface area contributed by atoms with Gasteiger partial charge >= 0.3 is 5.97 Å². The first-order valence-corrected chi connectivity index (χ1v) is 11.4. The molecule has 0 saturated carbocycles. The van der Waals surface area contributed by atoms with Crippen LogP contribution in [0.3, 0.4) is 0 Å². The average molecular weight is 419 g/mol. The second-order valence-corrected chi connectivity index (χ2v) is 8.29. The zero-order chi connectivity index (χ0) is 21.9. The van der Waals surface area contributed by atoms with Crippen molar-refractivity contribution < 1.29 is 9.53 Å². The van der Waals surface area contributed by atoms with E-state index < -0.39 is 0 Å². The van der Waals surface area contributed by atoms with Gasteiger partial charge in [0.1, 0.15) is 5.75 Å². The summed E-state index contributed by atoms with van der Waals surface area (Å²) in [5.41, 5.74) is 2.03. The van der Waals surface area contributed by atoms with Crippen LogP contribution in [0.1, 0.15) is 32.6 Å². The Kier molecular flexibility index (Phi) is 5.60. The van der Waals surface area contributed by atoms with Gasteiger partial charge in [-0.3, -0.25) is 4.79 Å². The van der Waals surface area contributed by atoms with Crippen LogP contribution < -0.4 is 4.74 Å². The molecule has 0 radical (unpaired) electrons. The summed E-state index contributed by atoms with van der Waals surface area (Å²) in [6.45, 7) is 2.14. The first kappa shape index (κ1) is 20.3. The highest BCUT2D eigenvalue weighted by molar-refractivity contribution is 6.20. The van der Waals surface area contributed by atoms with E-state index in [4.69, 9.17) is 4.74 Å². The zero-order valence-electron chi connectivity index (χ0n) is 18.3. The molecule has 0 aliphatic heterocycles. The maximum atomic E-state index is 12.9. The van der Waals surface area contributed by atoms with Crippen LogP contribution >= 0.6 is 0 Å². The molecular weight excluding hydrogens is 392 g/mol. The lowest BCUT2D eigenvalue weighted by Crippen LogP contribution is -2.09. The van der Waals surface area contributed by atoms with Crippen LogP contribution in [-0.4, -0.2) is 5.97 Å². The van der Waals surface area contributed by atoms with Crippen molar-refractivity contribution in [3.05, 3.63) is 91.0 Å². The Bertz CT molecular complexity index is 1420. The van der Waals surface area contributed by atoms with Gasteiger partial charge in [0.25, 0.3) is 0 Å². The number of carbonyl (C=O) groups is 1. The minimum atomic E-state index is -0.166. The first-order valence-electron chi connectivity index (χ1n) is 11.4. The molecular formula is C30H26O2. The van der Waals surface area contributed by atoms with Crippen LogP contribution in [0, 0.1) is 0 Å². The molecule has 0 amide bonds. The van der Waals surface area contributed by atoms with Gasteiger partial charge < -0.3 is 4.74 Å². The van der Waals surface area contributed by atoms with Gasteiger partial charge in [0, 0.05) is 17.4 Å². The van der Waals surface area contributed by atoms with Crippen LogP contribution in [0.15, 0.2) is 91.0 Å². The lowest BCUT2D eigenvalue weighted by Gasteiger charge is -2.18. The van der Waals surface area contributed by atoms with Crippen molar-refractivity contribution in [2.45, 2.75) is 32.6 Å². The Balaban J connectivity index is 1.83. The Morgan fingerprint density at radius 2 is 1.31 bits per heavy atom. The molecule has 0 spiro atoms. The summed E-state index contributed by atoms with van der Waals surface area (Å²) < 4.78 is 6.18. The zero-order valence-corrected chi connectivity index (χ0v) is 18.3. The second kappa shape index (κ2) is 8.84. The van der Waals surface area contributed by atoms with Gasteiger partial charge in [0.05, 0.1) is 0 Å². The van der Waals surface area contributed by atoms with E-state index >= 15 is 0 Å². The maximum Gasteiger partial charge on any atom is 0.311 e. The molecule has 5 aromatic carbocycles. The largest absolute Gasteiger partial charge is 0.425 e. The minimum absolute atomic E-state index is 0.166. The van der Waals surface area contributed by atoms with Crippen LogP contribution in [0.4, 0.5) is 0 Å². The van der Waals surface area contributed by atoms with Gasteiger partial charge in [-0.05, 0) is 51.0 Å². The molecule has 0 aliphatic rings. The van der Waals surface area contributed by atoms with Crippen LogP contribution in [-0.2, 0) is 4.79 Å². The third-order valence-corrected chi connectivity index (χ3v) is 6.11. The number of unbranched alkanes of at least 4 members (excludes halogenated alkanes) is 2. The number of esters is 1. The Labute approximate surface area is 188 Å². The highest BCUT2D eigenvalue weighted by atomic mass is 16.5. The number of ether oxygens (including phenoxy) is 1. The SMILES string of the molecule is CCCCCC(=O)Oc1c(-c2ccccc2)c2ccccc2c2cc3ccccc3cc12. The summed E-state index contributed by atoms with van der Waals surface area (Å²) in [6.07, 6.45) is 3.39. The third kappa shape index (κ3) is 3.73. The topological polar surface area (TPSA) is 26.3 Å². The van der Waals surface area contributed by atoms with E-state index in [-0.39, 0.29) is 5.97 Å². The molecule has 32 heavy (non-hydrogen) atoms. The third-order valence-electron chi connectivity index (χ3n) is 6.11. The molecule has 2 nitrogen and oxygen atoms in total. The maximum absolute atomic E-state index is 12.9. The molecule has 0 saturated heterocycles. The quantitative estimate of drug-likeness (QED) is 0.0911. The molecule has 5 rings (SSSR count). The van der Waals surface area contributed by atoms with Crippen LogP contribution in [0.5, 0.6) is 5.75 Å². The van der Waals surface area contributed by atoms with Gasteiger partial charge in [-0.25, -0.2) is 0 Å². The summed E-state index contributed by atoms with van der Waals surface area (Å²) >= 11 is 0. The minimum Gasteiger partial charge on any atom is -0.425 e. The lowest BCUT2D eigenvalue weighted by molar-refractivity contribution is -0.134. The van der Waals surface area contributed by atoms with E-state index in [1.54, 1.807) is 0 Å². The predicted octanol–water partition coefficient (Wildman–Crippen LogP) is 8.30. The van der Waals surface area contributed by atoms with Crippen molar-refractivity contribution in [3.63, 3.8) is 0 Å². The summed E-state index contributed by atoms with van der Waals surface area (Å²) in [6, 6.07) is 31.4. The molecule has 158 valence electrons. The second-order valence-electron chi connectivity index (χ2n) is 8.29. The van der Waals surface area contributed by atoms with E-state index in [9.17, 15) is 4.79 Å². The van der Waals surface area contributed by atoms with Gasteiger partial charge in [0.15, 0.2) is 0 Å². The molecule has 0 bridgehead atoms. The number of benzene rings is 5. The van der Waals surface area contributed by atoms with Crippen LogP contribution in [0.25, 0.3) is 43.4 Å². The summed E-state index contributed by atoms with van der Waals surface area (Å²) in [7, 11) is 0. The number of fused-ring (bicyclic) bond motifs is 4. The standard InChI is InChI=1S/C30H26O2/c1-2-3-5-18-28(31)32-30-27-20-23-15-9-8-14-22(23)19-26(27)24-16-10-11-17-25(24)29(30)21-12-6-4-7-13-21/h4,6-17,19-20H,2-3,5,18H2,1H3. The van der Waals surface area contributed by atoms with E-state index in [0.717, 1.165) is 57.3 Å². The van der Waals surface area contributed by atoms with Gasteiger partial charge in [-0.15, -0.1) is 0 Å². The van der Waals surface area contributed by atoms with Crippen molar-refractivity contribution in [1.29, 1.82) is 0 Å². The van der Waals surface area contributed by atoms with Crippen molar-refractivity contribution in [3.8, 4) is 16.9 Å². The molecule has 0 atom stereocenters. The fourth-order valence-corrected chi connectivity index (χ4v) is 4.53. The fourth-order valence-electron chi connectivity index (χ4n) is 4.53. The van der Waals surface area contributed by atoms with E-state index in [1.807, 2.05) is 24.3 Å². The van der Waals surface area contributed by atoms with Gasteiger partial charge in [-0.1, -0.05) is 98.6 Å². The Morgan fingerprint density at radius 3 is 2.03 bits per heavy atom. The molecule has 0 heterocycles. The smallest absolute Gasteiger partial charge is 0.311 e.